The fraction of sp³-hybridized carbons (Fsp3) is 0.400. The van der Waals surface area contributed by atoms with Gasteiger partial charge in [-0.15, -0.1) is 5.11 Å². The molecule has 3 nitrogen and oxygen atoms in total. The lowest BCUT2D eigenvalue weighted by Crippen LogP contribution is -2.14. The molecule has 1 rings (SSSR count). The lowest BCUT2D eigenvalue weighted by atomic mass is 10.3. The molecule has 0 aromatic heterocycles. The van der Waals surface area contributed by atoms with Crippen molar-refractivity contribution < 1.29 is 0 Å². The molecule has 0 atom stereocenters. The van der Waals surface area contributed by atoms with Crippen molar-refractivity contribution in [3.05, 3.63) is 24.6 Å². The highest BCUT2D eigenvalue weighted by Crippen LogP contribution is 2.32. The van der Waals surface area contributed by atoms with Crippen molar-refractivity contribution in [1.82, 2.24) is 5.01 Å². The van der Waals surface area contributed by atoms with Crippen LogP contribution in [0.4, 0.5) is 5.69 Å². The standard InChI is InChI=1S/C10H12Br2IN3/c1-3-16(4-2)15-14-7-5-8(11)10(13)9(12)6-7/h5-6H,3-4H2,1-2H3. The Balaban J connectivity index is 2.90. The van der Waals surface area contributed by atoms with Crippen molar-refractivity contribution in [1.29, 1.82) is 0 Å². The van der Waals surface area contributed by atoms with E-state index in [0.29, 0.717) is 0 Å². The summed E-state index contributed by atoms with van der Waals surface area (Å²) in [4.78, 5) is 0. The molecule has 0 unspecified atom stereocenters. The van der Waals surface area contributed by atoms with Crippen molar-refractivity contribution in [2.45, 2.75) is 13.8 Å². The first-order valence-corrected chi connectivity index (χ1v) is 7.56. The van der Waals surface area contributed by atoms with Gasteiger partial charge in [-0.3, -0.25) is 5.01 Å². The average molecular weight is 461 g/mol. The molecule has 0 amide bonds. The maximum absolute atomic E-state index is 4.20. The Morgan fingerprint density at radius 3 is 2.12 bits per heavy atom. The molecule has 0 N–H and O–H groups in total. The molecule has 0 fully saturated rings. The first-order chi connectivity index (χ1) is 7.58. The molecular weight excluding hydrogens is 449 g/mol. The van der Waals surface area contributed by atoms with E-state index in [4.69, 9.17) is 0 Å². The molecule has 16 heavy (non-hydrogen) atoms. The molecule has 0 aliphatic rings. The van der Waals surface area contributed by atoms with Crippen molar-refractivity contribution in [3.8, 4) is 0 Å². The molecule has 0 heterocycles. The number of hydrogen-bond donors (Lipinski definition) is 0. The molecule has 0 saturated heterocycles. The van der Waals surface area contributed by atoms with E-state index in [0.717, 1.165) is 31.3 Å². The summed E-state index contributed by atoms with van der Waals surface area (Å²) in [6.07, 6.45) is 0. The number of nitrogens with zero attached hydrogens (tertiary/aromatic N) is 3. The molecule has 88 valence electrons. The Morgan fingerprint density at radius 2 is 1.69 bits per heavy atom. The second-order valence-corrected chi connectivity index (χ2v) is 5.84. The minimum Gasteiger partial charge on any atom is -0.279 e. The summed E-state index contributed by atoms with van der Waals surface area (Å²) in [6, 6.07) is 3.92. The van der Waals surface area contributed by atoms with Crippen LogP contribution >= 0.6 is 54.5 Å². The second-order valence-electron chi connectivity index (χ2n) is 3.05. The average Bonchev–Trinajstić information content (AvgIpc) is 2.27. The second kappa shape index (κ2) is 6.90. The summed E-state index contributed by atoms with van der Waals surface area (Å²) < 4.78 is 3.19. The predicted octanol–water partition coefficient (Wildman–Crippen LogP) is 5.16. The fourth-order valence-electron chi connectivity index (χ4n) is 1.06. The molecule has 0 aliphatic heterocycles. The summed E-state index contributed by atoms with van der Waals surface area (Å²) in [7, 11) is 0. The van der Waals surface area contributed by atoms with E-state index in [1.165, 1.54) is 0 Å². The fourth-order valence-corrected chi connectivity index (χ4v) is 2.54. The van der Waals surface area contributed by atoms with Gasteiger partial charge >= 0.3 is 0 Å². The third-order valence-electron chi connectivity index (χ3n) is 1.99. The van der Waals surface area contributed by atoms with Gasteiger partial charge in [0.2, 0.25) is 0 Å². The van der Waals surface area contributed by atoms with Crippen LogP contribution in [-0.2, 0) is 0 Å². The minimum atomic E-state index is 0.839. The van der Waals surface area contributed by atoms with E-state index in [9.17, 15) is 0 Å². The van der Waals surface area contributed by atoms with Crippen molar-refractivity contribution in [2.75, 3.05) is 13.1 Å². The predicted molar refractivity (Wildman–Crippen MR) is 82.0 cm³/mol. The normalized spacial score (nSPS) is 11.1. The SMILES string of the molecule is CCN(CC)N=Nc1cc(Br)c(I)c(Br)c1. The Bertz CT molecular complexity index is 369. The largest absolute Gasteiger partial charge is 0.279 e. The van der Waals surface area contributed by atoms with Gasteiger partial charge in [-0.1, -0.05) is 5.22 Å². The highest BCUT2D eigenvalue weighted by atomic mass is 127. The van der Waals surface area contributed by atoms with Crippen LogP contribution in [-0.4, -0.2) is 18.1 Å². The number of hydrogen-bond acceptors (Lipinski definition) is 2. The summed E-state index contributed by atoms with van der Waals surface area (Å²) >= 11 is 9.24. The maximum Gasteiger partial charge on any atom is 0.0897 e. The zero-order valence-corrected chi connectivity index (χ0v) is 14.4. The first-order valence-electron chi connectivity index (χ1n) is 4.89. The molecule has 0 radical (unpaired) electrons. The molecule has 1 aromatic rings. The van der Waals surface area contributed by atoms with E-state index >= 15 is 0 Å². The Morgan fingerprint density at radius 1 is 1.19 bits per heavy atom. The van der Waals surface area contributed by atoms with Gasteiger partial charge in [0, 0.05) is 25.6 Å². The van der Waals surface area contributed by atoms with E-state index in [-0.39, 0.29) is 0 Å². The van der Waals surface area contributed by atoms with Crippen LogP contribution in [0.25, 0.3) is 0 Å². The van der Waals surface area contributed by atoms with Gasteiger partial charge in [0.25, 0.3) is 0 Å². The van der Waals surface area contributed by atoms with E-state index in [1.807, 2.05) is 17.1 Å². The van der Waals surface area contributed by atoms with Crippen LogP contribution in [0.1, 0.15) is 13.8 Å². The third-order valence-corrected chi connectivity index (χ3v) is 5.88. The number of rotatable bonds is 4. The van der Waals surface area contributed by atoms with Crippen LogP contribution in [0.2, 0.25) is 0 Å². The first kappa shape index (κ1) is 14.4. The van der Waals surface area contributed by atoms with Crippen LogP contribution < -0.4 is 0 Å². The topological polar surface area (TPSA) is 28.0 Å². The highest BCUT2D eigenvalue weighted by Gasteiger charge is 2.04. The van der Waals surface area contributed by atoms with Gasteiger partial charge in [0.05, 0.1) is 5.69 Å². The van der Waals surface area contributed by atoms with Crippen LogP contribution in [0.5, 0.6) is 0 Å². The number of benzene rings is 1. The summed E-state index contributed by atoms with van der Waals surface area (Å²) in [5, 5.41) is 10.3. The summed E-state index contributed by atoms with van der Waals surface area (Å²) in [5.74, 6) is 0. The van der Waals surface area contributed by atoms with Gasteiger partial charge in [-0.05, 0) is 80.4 Å². The quantitative estimate of drug-likeness (QED) is 0.264. The van der Waals surface area contributed by atoms with E-state index < -0.39 is 0 Å². The monoisotopic (exact) mass is 459 g/mol. The Hall–Kier alpha value is 0.310. The van der Waals surface area contributed by atoms with Gasteiger partial charge in [0.1, 0.15) is 0 Å². The highest BCUT2D eigenvalue weighted by molar-refractivity contribution is 14.1. The maximum atomic E-state index is 4.20. The lowest BCUT2D eigenvalue weighted by Gasteiger charge is -2.11. The van der Waals surface area contributed by atoms with Gasteiger partial charge < -0.3 is 0 Å². The minimum absolute atomic E-state index is 0.839. The third kappa shape index (κ3) is 3.96. The zero-order valence-electron chi connectivity index (χ0n) is 9.04. The lowest BCUT2D eigenvalue weighted by molar-refractivity contribution is 0.300. The molecule has 0 saturated carbocycles. The zero-order chi connectivity index (χ0) is 12.1. The molecule has 0 aliphatic carbocycles. The van der Waals surface area contributed by atoms with Gasteiger partial charge in [-0.25, -0.2) is 0 Å². The Labute approximate surface area is 126 Å². The molecule has 0 spiro atoms. The molecular formula is C10H12Br2IN3. The summed E-state index contributed by atoms with van der Waals surface area (Å²) in [6.45, 7) is 5.85. The van der Waals surface area contributed by atoms with Gasteiger partial charge in [0.15, 0.2) is 0 Å². The summed E-state index contributed by atoms with van der Waals surface area (Å²) in [5.41, 5.74) is 0.839. The molecule has 1 aromatic carbocycles. The van der Waals surface area contributed by atoms with E-state index in [2.05, 4.69) is 78.6 Å². The van der Waals surface area contributed by atoms with Crippen LogP contribution in [0.3, 0.4) is 0 Å². The van der Waals surface area contributed by atoms with Crippen LogP contribution in [0.15, 0.2) is 31.4 Å². The number of halogens is 3. The smallest absolute Gasteiger partial charge is 0.0897 e. The van der Waals surface area contributed by atoms with Crippen molar-refractivity contribution in [3.63, 3.8) is 0 Å². The van der Waals surface area contributed by atoms with Crippen molar-refractivity contribution in [2.24, 2.45) is 10.3 Å². The van der Waals surface area contributed by atoms with Crippen LogP contribution in [0, 0.1) is 3.57 Å². The van der Waals surface area contributed by atoms with E-state index in [1.54, 1.807) is 0 Å². The van der Waals surface area contributed by atoms with Crippen molar-refractivity contribution >= 4 is 60.1 Å². The molecule has 6 heteroatoms. The Kier molecular flexibility index (Phi) is 6.20. The molecule has 0 bridgehead atoms. The van der Waals surface area contributed by atoms with Gasteiger partial charge in [-0.2, -0.15) is 0 Å².